The maximum atomic E-state index is 13.1. The van der Waals surface area contributed by atoms with Crippen molar-refractivity contribution in [3.8, 4) is 0 Å². The summed E-state index contributed by atoms with van der Waals surface area (Å²) >= 11 is 0. The molecule has 176 valence electrons. The van der Waals surface area contributed by atoms with Gasteiger partial charge in [-0.3, -0.25) is 0 Å². The molecule has 8 nitrogen and oxygen atoms in total. The molecule has 33 heavy (non-hydrogen) atoms. The third-order valence-corrected chi connectivity index (χ3v) is 5.67. The maximum Gasteiger partial charge on any atom is 0.416 e. The number of likely N-dealkylation sites (N-methyl/N-ethyl adjacent to an activating group) is 1. The van der Waals surface area contributed by atoms with Crippen LogP contribution >= 0.6 is 0 Å². The number of nitrogen functional groups attached to an aromatic ring is 1. The number of nitrogens with two attached hydrogens (primary N) is 1. The van der Waals surface area contributed by atoms with Crippen molar-refractivity contribution in [3.05, 3.63) is 41.6 Å². The van der Waals surface area contributed by atoms with Crippen LogP contribution in [0.2, 0.25) is 0 Å². The Labute approximate surface area is 190 Å². The van der Waals surface area contributed by atoms with Crippen molar-refractivity contribution >= 4 is 34.2 Å². The standard InChI is InChI=1S/C22H27F3N8/c1-27-21-30-18-13-29-19(33-7-5-32(2)6-8-33)12-17(18)20(31-21)28-4-3-14-9-15(22(23,24)25)11-16(26)10-14/h9-13H,3-8,26H2,1-2H3,(H2,27,28,30,31). The summed E-state index contributed by atoms with van der Waals surface area (Å²) in [5.41, 5.74) is 6.21. The van der Waals surface area contributed by atoms with Crippen molar-refractivity contribution in [2.45, 2.75) is 12.6 Å². The highest BCUT2D eigenvalue weighted by atomic mass is 19.4. The monoisotopic (exact) mass is 460 g/mol. The average molecular weight is 461 g/mol. The molecule has 1 aliphatic rings. The van der Waals surface area contributed by atoms with E-state index in [0.29, 0.717) is 35.8 Å². The fraction of sp³-hybridized carbons (Fsp3) is 0.409. The van der Waals surface area contributed by atoms with Gasteiger partial charge < -0.3 is 26.2 Å². The SMILES string of the molecule is CNc1nc(NCCc2cc(N)cc(C(F)(F)F)c2)c2cc(N3CCN(C)CC3)ncc2n1. The van der Waals surface area contributed by atoms with Crippen molar-refractivity contribution in [3.63, 3.8) is 0 Å². The minimum absolute atomic E-state index is 0.0904. The van der Waals surface area contributed by atoms with Crippen molar-refractivity contribution in [2.75, 3.05) is 68.1 Å². The van der Waals surface area contributed by atoms with Gasteiger partial charge in [-0.05, 0) is 43.3 Å². The molecule has 1 aromatic carbocycles. The number of rotatable bonds is 6. The molecule has 0 radical (unpaired) electrons. The minimum atomic E-state index is -4.44. The molecule has 4 rings (SSSR count). The second kappa shape index (κ2) is 9.26. The van der Waals surface area contributed by atoms with E-state index in [0.717, 1.165) is 49.5 Å². The predicted octanol–water partition coefficient (Wildman–Crippen LogP) is 3.07. The second-order valence-electron chi connectivity index (χ2n) is 8.13. The van der Waals surface area contributed by atoms with Gasteiger partial charge in [-0.25, -0.2) is 9.97 Å². The molecule has 3 aromatic rings. The number of alkyl halides is 3. The van der Waals surface area contributed by atoms with Crippen molar-refractivity contribution in [1.82, 2.24) is 19.9 Å². The van der Waals surface area contributed by atoms with Crippen LogP contribution in [0.4, 0.5) is 36.4 Å². The highest BCUT2D eigenvalue weighted by Gasteiger charge is 2.31. The van der Waals surface area contributed by atoms with Gasteiger partial charge in [0.25, 0.3) is 0 Å². The number of nitrogens with zero attached hydrogens (tertiary/aromatic N) is 5. The molecule has 0 aliphatic carbocycles. The molecule has 0 bridgehead atoms. The Morgan fingerprint density at radius 3 is 2.52 bits per heavy atom. The first kappa shape index (κ1) is 22.8. The lowest BCUT2D eigenvalue weighted by molar-refractivity contribution is -0.137. The molecule has 3 heterocycles. The van der Waals surface area contributed by atoms with Crippen LogP contribution in [0.3, 0.4) is 0 Å². The molecule has 0 atom stereocenters. The molecule has 2 aromatic heterocycles. The van der Waals surface area contributed by atoms with Crippen molar-refractivity contribution in [1.29, 1.82) is 0 Å². The Balaban J connectivity index is 1.56. The van der Waals surface area contributed by atoms with E-state index in [4.69, 9.17) is 5.73 Å². The van der Waals surface area contributed by atoms with Gasteiger partial charge in [-0.15, -0.1) is 0 Å². The summed E-state index contributed by atoms with van der Waals surface area (Å²) in [6.45, 7) is 4.05. The number of fused-ring (bicyclic) bond motifs is 1. The normalized spacial score (nSPS) is 15.1. The number of hydrogen-bond acceptors (Lipinski definition) is 8. The fourth-order valence-corrected chi connectivity index (χ4v) is 3.83. The summed E-state index contributed by atoms with van der Waals surface area (Å²) in [5, 5.41) is 7.00. The summed E-state index contributed by atoms with van der Waals surface area (Å²) in [6.07, 6.45) is -2.36. The van der Waals surface area contributed by atoms with Crippen LogP contribution in [0, 0.1) is 0 Å². The van der Waals surface area contributed by atoms with Gasteiger partial charge >= 0.3 is 6.18 Å². The number of benzene rings is 1. The zero-order valence-electron chi connectivity index (χ0n) is 18.6. The Morgan fingerprint density at radius 1 is 1.06 bits per heavy atom. The zero-order chi connectivity index (χ0) is 23.6. The highest BCUT2D eigenvalue weighted by Crippen LogP contribution is 2.31. The number of hydrogen-bond donors (Lipinski definition) is 3. The largest absolute Gasteiger partial charge is 0.416 e. The van der Waals surface area contributed by atoms with Gasteiger partial charge in [0.05, 0.1) is 17.3 Å². The van der Waals surface area contributed by atoms with E-state index in [9.17, 15) is 13.2 Å². The zero-order valence-corrected chi connectivity index (χ0v) is 18.6. The highest BCUT2D eigenvalue weighted by molar-refractivity contribution is 5.91. The van der Waals surface area contributed by atoms with Crippen LogP contribution in [0.5, 0.6) is 0 Å². The first-order valence-electron chi connectivity index (χ1n) is 10.7. The molecule has 0 spiro atoms. The molecule has 1 saturated heterocycles. The van der Waals surface area contributed by atoms with Crippen LogP contribution in [0.15, 0.2) is 30.5 Å². The second-order valence-corrected chi connectivity index (χ2v) is 8.13. The first-order valence-corrected chi connectivity index (χ1v) is 10.7. The summed E-state index contributed by atoms with van der Waals surface area (Å²) in [7, 11) is 3.82. The number of pyridine rings is 1. The van der Waals surface area contributed by atoms with Crippen LogP contribution in [-0.4, -0.2) is 66.7 Å². The maximum absolute atomic E-state index is 13.1. The Hall–Kier alpha value is -3.34. The summed E-state index contributed by atoms with van der Waals surface area (Å²) in [5.74, 6) is 1.88. The van der Waals surface area contributed by atoms with E-state index in [1.54, 1.807) is 19.3 Å². The van der Waals surface area contributed by atoms with E-state index < -0.39 is 11.7 Å². The van der Waals surface area contributed by atoms with E-state index in [2.05, 4.69) is 42.4 Å². The van der Waals surface area contributed by atoms with Crippen LogP contribution in [-0.2, 0) is 12.6 Å². The summed E-state index contributed by atoms with van der Waals surface area (Å²) in [4.78, 5) is 18.1. The lowest BCUT2D eigenvalue weighted by Crippen LogP contribution is -2.44. The number of piperazine rings is 1. The number of nitrogens with one attached hydrogen (secondary N) is 2. The van der Waals surface area contributed by atoms with Gasteiger partial charge in [-0.1, -0.05) is 0 Å². The predicted molar refractivity (Wildman–Crippen MR) is 125 cm³/mol. The molecule has 0 unspecified atom stereocenters. The van der Waals surface area contributed by atoms with E-state index in [-0.39, 0.29) is 5.69 Å². The van der Waals surface area contributed by atoms with Gasteiger partial charge in [0.2, 0.25) is 5.95 Å². The number of halogens is 3. The molecule has 0 amide bonds. The molecule has 11 heteroatoms. The van der Waals surface area contributed by atoms with E-state index >= 15 is 0 Å². The third kappa shape index (κ3) is 5.36. The van der Waals surface area contributed by atoms with Gasteiger partial charge in [0.15, 0.2) is 0 Å². The Bertz CT molecular complexity index is 1130. The molecule has 1 fully saturated rings. The number of anilines is 4. The minimum Gasteiger partial charge on any atom is -0.399 e. The third-order valence-electron chi connectivity index (χ3n) is 5.67. The topological polar surface area (TPSA) is 95.2 Å². The average Bonchev–Trinajstić information content (AvgIpc) is 2.78. The van der Waals surface area contributed by atoms with Gasteiger partial charge in [0, 0.05) is 50.8 Å². The van der Waals surface area contributed by atoms with Crippen LogP contribution < -0.4 is 21.3 Å². The van der Waals surface area contributed by atoms with Crippen LogP contribution in [0.25, 0.3) is 10.9 Å². The smallest absolute Gasteiger partial charge is 0.399 e. The Morgan fingerprint density at radius 2 is 1.82 bits per heavy atom. The van der Waals surface area contributed by atoms with E-state index in [1.165, 1.54) is 0 Å². The molecule has 0 saturated carbocycles. The Kier molecular flexibility index (Phi) is 6.41. The summed E-state index contributed by atoms with van der Waals surface area (Å²) < 4.78 is 39.3. The quantitative estimate of drug-likeness (QED) is 0.483. The lowest BCUT2D eigenvalue weighted by atomic mass is 10.1. The fourth-order valence-electron chi connectivity index (χ4n) is 3.83. The van der Waals surface area contributed by atoms with Gasteiger partial charge in [0.1, 0.15) is 11.6 Å². The van der Waals surface area contributed by atoms with Crippen molar-refractivity contribution < 1.29 is 13.2 Å². The molecule has 4 N–H and O–H groups in total. The molecular formula is C22H27F3N8. The van der Waals surface area contributed by atoms with Gasteiger partial charge in [-0.2, -0.15) is 18.2 Å². The van der Waals surface area contributed by atoms with Crippen LogP contribution in [0.1, 0.15) is 11.1 Å². The molecular weight excluding hydrogens is 433 g/mol. The lowest BCUT2D eigenvalue weighted by Gasteiger charge is -2.33. The molecule has 1 aliphatic heterocycles. The van der Waals surface area contributed by atoms with Crippen molar-refractivity contribution in [2.24, 2.45) is 0 Å². The van der Waals surface area contributed by atoms with E-state index in [1.807, 2.05) is 6.07 Å². The number of aromatic nitrogens is 3. The first-order chi connectivity index (χ1) is 15.7. The summed E-state index contributed by atoms with van der Waals surface area (Å²) in [6, 6.07) is 5.60.